The molecule has 0 saturated carbocycles. The lowest BCUT2D eigenvalue weighted by Gasteiger charge is -2.37. The average Bonchev–Trinajstić information content (AvgIpc) is 3.01. The monoisotopic (exact) mass is 353 g/mol. The maximum absolute atomic E-state index is 12.9. The lowest BCUT2D eigenvalue weighted by atomic mass is 9.88. The molecule has 2 aromatic rings. The molecule has 0 spiro atoms. The van der Waals surface area contributed by atoms with Crippen LogP contribution >= 0.6 is 0 Å². The van der Waals surface area contributed by atoms with Crippen LogP contribution in [0.2, 0.25) is 0 Å². The number of rotatable bonds is 1. The van der Waals surface area contributed by atoms with Gasteiger partial charge < -0.3 is 14.1 Å². The number of carbonyl (C=O) groups is 2. The van der Waals surface area contributed by atoms with Gasteiger partial charge in [0, 0.05) is 41.7 Å². The summed E-state index contributed by atoms with van der Waals surface area (Å²) in [7, 11) is 1.26. The van der Waals surface area contributed by atoms with Crippen LogP contribution in [0.5, 0.6) is 0 Å². The first-order chi connectivity index (χ1) is 12.6. The standard InChI is InChI=1S/C20H19NO5/c1-25-19(23)14-9-13-15(17(14)22)12-8-10-4-2-6-21-7-3-5-11(16(10)21)18(12)26-20(13)24/h8,14H,2-7,9H2,1H3. The Morgan fingerprint density at radius 1 is 1.19 bits per heavy atom. The number of fused-ring (bicyclic) bond motifs is 4. The van der Waals surface area contributed by atoms with Crippen molar-refractivity contribution in [1.82, 2.24) is 0 Å². The lowest BCUT2D eigenvalue weighted by Crippen LogP contribution is -2.34. The zero-order valence-electron chi connectivity index (χ0n) is 14.6. The molecule has 0 bridgehead atoms. The zero-order chi connectivity index (χ0) is 18.0. The summed E-state index contributed by atoms with van der Waals surface area (Å²) in [5, 5.41) is 0.688. The van der Waals surface area contributed by atoms with E-state index >= 15 is 0 Å². The molecular weight excluding hydrogens is 334 g/mol. The maximum atomic E-state index is 12.9. The van der Waals surface area contributed by atoms with Crippen LogP contribution < -0.4 is 10.5 Å². The van der Waals surface area contributed by atoms with Crippen molar-refractivity contribution in [3.63, 3.8) is 0 Å². The number of aryl methyl sites for hydroxylation is 2. The van der Waals surface area contributed by atoms with E-state index in [1.165, 1.54) is 18.4 Å². The molecule has 1 atom stereocenters. The third-order valence-corrected chi connectivity index (χ3v) is 5.94. The number of esters is 1. The second-order valence-corrected chi connectivity index (χ2v) is 7.32. The minimum absolute atomic E-state index is 0.0671. The number of ether oxygens (including phenoxy) is 1. The molecule has 5 rings (SSSR count). The molecule has 3 aliphatic rings. The molecule has 1 aromatic carbocycles. The van der Waals surface area contributed by atoms with E-state index in [4.69, 9.17) is 9.15 Å². The van der Waals surface area contributed by atoms with Crippen LogP contribution in [0.3, 0.4) is 0 Å². The second kappa shape index (κ2) is 5.43. The summed E-state index contributed by atoms with van der Waals surface area (Å²) in [6, 6.07) is 2.00. The molecule has 6 heteroatoms. The fourth-order valence-electron chi connectivity index (χ4n) is 4.82. The van der Waals surface area contributed by atoms with Crippen LogP contribution in [0, 0.1) is 5.92 Å². The van der Waals surface area contributed by atoms with Gasteiger partial charge in [-0.15, -0.1) is 0 Å². The van der Waals surface area contributed by atoms with E-state index in [-0.39, 0.29) is 12.2 Å². The van der Waals surface area contributed by atoms with Crippen LogP contribution in [-0.4, -0.2) is 32.0 Å². The van der Waals surface area contributed by atoms with Gasteiger partial charge in [0.25, 0.3) is 0 Å². The molecule has 26 heavy (non-hydrogen) atoms. The van der Waals surface area contributed by atoms with E-state index in [1.807, 2.05) is 6.07 Å². The summed E-state index contributed by atoms with van der Waals surface area (Å²) in [6.07, 6.45) is 3.95. The molecule has 134 valence electrons. The molecule has 0 fully saturated rings. The summed E-state index contributed by atoms with van der Waals surface area (Å²) >= 11 is 0. The highest BCUT2D eigenvalue weighted by Crippen LogP contribution is 2.42. The fourth-order valence-corrected chi connectivity index (χ4v) is 4.82. The highest BCUT2D eigenvalue weighted by molar-refractivity contribution is 6.18. The van der Waals surface area contributed by atoms with Crippen molar-refractivity contribution in [2.45, 2.75) is 32.1 Å². The van der Waals surface area contributed by atoms with Gasteiger partial charge in [-0.1, -0.05) is 0 Å². The Balaban J connectivity index is 1.82. The first-order valence-corrected chi connectivity index (χ1v) is 9.11. The van der Waals surface area contributed by atoms with Crippen LogP contribution in [0.25, 0.3) is 11.0 Å². The molecule has 1 unspecified atom stereocenters. The van der Waals surface area contributed by atoms with Crippen molar-refractivity contribution in [3.8, 4) is 0 Å². The zero-order valence-corrected chi connectivity index (χ0v) is 14.6. The number of benzene rings is 1. The average molecular weight is 353 g/mol. The van der Waals surface area contributed by atoms with Crippen molar-refractivity contribution in [2.24, 2.45) is 5.92 Å². The molecule has 0 saturated heterocycles. The van der Waals surface area contributed by atoms with Gasteiger partial charge in [-0.05, 0) is 37.3 Å². The van der Waals surface area contributed by atoms with E-state index in [1.54, 1.807) is 0 Å². The molecule has 1 aliphatic carbocycles. The number of Topliss-reactive ketones (excluding diaryl/α,β-unsaturated/α-hetero) is 1. The number of hydrogen-bond donors (Lipinski definition) is 0. The second-order valence-electron chi connectivity index (χ2n) is 7.32. The summed E-state index contributed by atoms with van der Waals surface area (Å²) in [6.45, 7) is 2.04. The number of carbonyl (C=O) groups excluding carboxylic acids is 2. The molecule has 0 amide bonds. The van der Waals surface area contributed by atoms with Crippen molar-refractivity contribution in [3.05, 3.63) is 38.7 Å². The minimum atomic E-state index is -0.938. The predicted octanol–water partition coefficient (Wildman–Crippen LogP) is 2.02. The van der Waals surface area contributed by atoms with Crippen LogP contribution in [0.1, 0.15) is 39.9 Å². The fraction of sp³-hybridized carbons (Fsp3) is 0.450. The van der Waals surface area contributed by atoms with Crippen LogP contribution in [0.15, 0.2) is 15.3 Å². The Labute approximate surface area is 149 Å². The molecule has 2 aliphatic heterocycles. The number of nitrogens with zero attached hydrogens (tertiary/aromatic N) is 1. The SMILES string of the molecule is COC(=O)C1Cc2c(c3cc4c5c(c3oc2=O)CCCN5CCC4)C1=O. The normalized spacial score (nSPS) is 20.9. The van der Waals surface area contributed by atoms with Gasteiger partial charge in [0.2, 0.25) is 0 Å². The Kier molecular flexibility index (Phi) is 3.26. The van der Waals surface area contributed by atoms with E-state index in [9.17, 15) is 14.4 Å². The lowest BCUT2D eigenvalue weighted by molar-refractivity contribution is -0.143. The Hall–Kier alpha value is -2.63. The highest BCUT2D eigenvalue weighted by atomic mass is 16.5. The van der Waals surface area contributed by atoms with Crippen LogP contribution in [0.4, 0.5) is 5.69 Å². The summed E-state index contributed by atoms with van der Waals surface area (Å²) in [5.74, 6) is -1.85. The largest absolute Gasteiger partial charge is 0.468 e. The molecular formula is C20H19NO5. The molecule has 6 nitrogen and oxygen atoms in total. The third kappa shape index (κ3) is 1.95. The third-order valence-electron chi connectivity index (χ3n) is 5.94. The van der Waals surface area contributed by atoms with E-state index < -0.39 is 17.5 Å². The first-order valence-electron chi connectivity index (χ1n) is 9.11. The summed E-state index contributed by atoms with van der Waals surface area (Å²) in [5.41, 5.74) is 4.14. The van der Waals surface area contributed by atoms with Gasteiger partial charge in [0.15, 0.2) is 5.78 Å². The summed E-state index contributed by atoms with van der Waals surface area (Å²) in [4.78, 5) is 39.8. The Morgan fingerprint density at radius 2 is 1.96 bits per heavy atom. The van der Waals surface area contributed by atoms with Crippen molar-refractivity contribution >= 4 is 28.4 Å². The maximum Gasteiger partial charge on any atom is 0.340 e. The quantitative estimate of drug-likeness (QED) is 0.443. The number of hydrogen-bond acceptors (Lipinski definition) is 6. The van der Waals surface area contributed by atoms with Gasteiger partial charge in [0.1, 0.15) is 11.5 Å². The van der Waals surface area contributed by atoms with Gasteiger partial charge in [-0.2, -0.15) is 0 Å². The van der Waals surface area contributed by atoms with Crippen LogP contribution in [-0.2, 0) is 28.8 Å². The van der Waals surface area contributed by atoms with E-state index in [0.29, 0.717) is 22.1 Å². The van der Waals surface area contributed by atoms with Crippen molar-refractivity contribution in [1.29, 1.82) is 0 Å². The van der Waals surface area contributed by atoms with Crippen molar-refractivity contribution in [2.75, 3.05) is 25.1 Å². The first kappa shape index (κ1) is 15.6. The summed E-state index contributed by atoms with van der Waals surface area (Å²) < 4.78 is 10.4. The van der Waals surface area contributed by atoms with Gasteiger partial charge in [0.05, 0.1) is 12.7 Å². The van der Waals surface area contributed by atoms with Gasteiger partial charge in [-0.25, -0.2) is 4.79 Å². The number of ketones is 1. The van der Waals surface area contributed by atoms with Gasteiger partial charge in [-0.3, -0.25) is 9.59 Å². The Bertz CT molecular complexity index is 1030. The smallest absolute Gasteiger partial charge is 0.340 e. The molecule has 1 aromatic heterocycles. The number of methoxy groups -OCH3 is 1. The minimum Gasteiger partial charge on any atom is -0.468 e. The molecule has 0 N–H and O–H groups in total. The highest BCUT2D eigenvalue weighted by Gasteiger charge is 2.41. The topological polar surface area (TPSA) is 76.8 Å². The number of anilines is 1. The van der Waals surface area contributed by atoms with Gasteiger partial charge >= 0.3 is 11.6 Å². The molecule has 0 radical (unpaired) electrons. The Morgan fingerprint density at radius 3 is 2.73 bits per heavy atom. The van der Waals surface area contributed by atoms with Crippen molar-refractivity contribution < 1.29 is 18.7 Å². The predicted molar refractivity (Wildman–Crippen MR) is 94.9 cm³/mol. The van der Waals surface area contributed by atoms with E-state index in [2.05, 4.69) is 4.90 Å². The molecule has 3 heterocycles. The van der Waals surface area contributed by atoms with E-state index in [0.717, 1.165) is 44.3 Å².